The van der Waals surface area contributed by atoms with Gasteiger partial charge >= 0.3 is 0 Å². The van der Waals surface area contributed by atoms with Gasteiger partial charge in [-0.05, 0) is 43.9 Å². The molecule has 1 atom stereocenters. The monoisotopic (exact) mass is 250 g/mol. The first-order chi connectivity index (χ1) is 8.51. The lowest BCUT2D eigenvalue weighted by Gasteiger charge is -2.28. The molecule has 1 aliphatic carbocycles. The maximum atomic E-state index is 13.6. The summed E-state index contributed by atoms with van der Waals surface area (Å²) in [6.45, 7) is 2.51. The van der Waals surface area contributed by atoms with Gasteiger partial charge in [0.25, 0.3) is 0 Å². The molecule has 3 nitrogen and oxygen atoms in total. The van der Waals surface area contributed by atoms with E-state index >= 15 is 0 Å². The van der Waals surface area contributed by atoms with Crippen molar-refractivity contribution in [3.05, 3.63) is 35.6 Å². The number of carbonyl (C=O) groups excluding carboxylic acids is 1. The average Bonchev–Trinajstić information content (AvgIpc) is 3.13. The normalized spacial score (nSPS) is 18.3. The highest BCUT2D eigenvalue weighted by Crippen LogP contribution is 2.28. The summed E-state index contributed by atoms with van der Waals surface area (Å²) in [6.07, 6.45) is 2.67. The second-order valence-corrected chi connectivity index (χ2v) is 5.29. The van der Waals surface area contributed by atoms with Crippen molar-refractivity contribution in [2.45, 2.75) is 31.7 Å². The van der Waals surface area contributed by atoms with Crippen LogP contribution in [0.3, 0.4) is 0 Å². The van der Waals surface area contributed by atoms with Crippen molar-refractivity contribution in [2.75, 3.05) is 6.54 Å². The van der Waals surface area contributed by atoms with E-state index in [0.29, 0.717) is 11.5 Å². The lowest BCUT2D eigenvalue weighted by molar-refractivity contribution is -0.123. The Morgan fingerprint density at radius 3 is 2.72 bits per heavy atom. The third-order valence-corrected chi connectivity index (χ3v) is 3.52. The first-order valence-corrected chi connectivity index (χ1v) is 6.29. The molecule has 1 unspecified atom stereocenters. The Morgan fingerprint density at radius 1 is 1.50 bits per heavy atom. The van der Waals surface area contributed by atoms with Gasteiger partial charge in [0, 0.05) is 6.42 Å². The second-order valence-electron chi connectivity index (χ2n) is 5.29. The number of rotatable bonds is 6. The third kappa shape index (κ3) is 3.07. The van der Waals surface area contributed by atoms with Gasteiger partial charge in [0.1, 0.15) is 5.82 Å². The number of nitrogens with two attached hydrogens (primary N) is 1. The summed E-state index contributed by atoms with van der Waals surface area (Å²) in [5.41, 5.74) is 5.08. The molecular formula is C14H19FN2O. The molecule has 3 N–H and O–H groups in total. The Bertz CT molecular complexity index is 445. The van der Waals surface area contributed by atoms with Crippen molar-refractivity contribution in [1.82, 2.24) is 5.32 Å². The molecule has 4 heteroatoms. The number of hydrogen-bond acceptors (Lipinski definition) is 2. The van der Waals surface area contributed by atoms with E-state index in [0.717, 1.165) is 6.54 Å². The van der Waals surface area contributed by atoms with Crippen LogP contribution in [0, 0.1) is 11.7 Å². The summed E-state index contributed by atoms with van der Waals surface area (Å²) >= 11 is 0. The zero-order valence-electron chi connectivity index (χ0n) is 10.6. The van der Waals surface area contributed by atoms with Gasteiger partial charge in [-0.25, -0.2) is 4.39 Å². The summed E-state index contributed by atoms with van der Waals surface area (Å²) in [5, 5.41) is 3.19. The van der Waals surface area contributed by atoms with Gasteiger partial charge in [-0.3, -0.25) is 4.79 Å². The van der Waals surface area contributed by atoms with Crippen LogP contribution in [0.2, 0.25) is 0 Å². The molecule has 1 aromatic rings. The van der Waals surface area contributed by atoms with E-state index in [4.69, 9.17) is 5.73 Å². The number of halogens is 1. The van der Waals surface area contributed by atoms with Crippen LogP contribution in [0.15, 0.2) is 24.3 Å². The Kier molecular flexibility index (Phi) is 3.66. The van der Waals surface area contributed by atoms with Gasteiger partial charge in [-0.2, -0.15) is 0 Å². The van der Waals surface area contributed by atoms with Crippen LogP contribution in [0.5, 0.6) is 0 Å². The summed E-state index contributed by atoms with van der Waals surface area (Å²) in [5.74, 6) is -0.0890. The lowest BCUT2D eigenvalue weighted by atomic mass is 9.91. The largest absolute Gasteiger partial charge is 0.368 e. The molecule has 0 spiro atoms. The van der Waals surface area contributed by atoms with Gasteiger partial charge in [-0.15, -0.1) is 0 Å². The number of benzene rings is 1. The van der Waals surface area contributed by atoms with E-state index in [9.17, 15) is 9.18 Å². The van der Waals surface area contributed by atoms with Crippen LogP contribution in [-0.2, 0) is 11.2 Å². The molecule has 0 aliphatic heterocycles. The Balaban J connectivity index is 2.09. The highest BCUT2D eigenvalue weighted by atomic mass is 19.1. The molecule has 1 saturated carbocycles. The molecule has 0 radical (unpaired) electrons. The average molecular weight is 250 g/mol. The number of carbonyl (C=O) groups is 1. The van der Waals surface area contributed by atoms with Gasteiger partial charge in [0.2, 0.25) is 5.91 Å². The minimum Gasteiger partial charge on any atom is -0.368 e. The quantitative estimate of drug-likeness (QED) is 0.806. The summed E-state index contributed by atoms with van der Waals surface area (Å²) in [6, 6.07) is 6.49. The number of nitrogens with one attached hydrogen (secondary N) is 1. The fourth-order valence-corrected chi connectivity index (χ4v) is 1.95. The molecule has 1 amide bonds. The fourth-order valence-electron chi connectivity index (χ4n) is 1.95. The van der Waals surface area contributed by atoms with Gasteiger partial charge in [-0.1, -0.05) is 18.2 Å². The topological polar surface area (TPSA) is 55.1 Å². The second kappa shape index (κ2) is 5.06. The maximum absolute atomic E-state index is 13.6. The van der Waals surface area contributed by atoms with Crippen LogP contribution in [0.1, 0.15) is 25.3 Å². The van der Waals surface area contributed by atoms with E-state index in [-0.39, 0.29) is 12.2 Å². The summed E-state index contributed by atoms with van der Waals surface area (Å²) in [4.78, 5) is 11.6. The first-order valence-electron chi connectivity index (χ1n) is 6.29. The van der Waals surface area contributed by atoms with Crippen molar-refractivity contribution >= 4 is 5.91 Å². The predicted molar refractivity (Wildman–Crippen MR) is 68.4 cm³/mol. The van der Waals surface area contributed by atoms with E-state index < -0.39 is 11.4 Å². The van der Waals surface area contributed by atoms with Gasteiger partial charge in [0.05, 0.1) is 5.54 Å². The summed E-state index contributed by atoms with van der Waals surface area (Å²) < 4.78 is 13.6. The molecule has 18 heavy (non-hydrogen) atoms. The van der Waals surface area contributed by atoms with Crippen molar-refractivity contribution in [1.29, 1.82) is 0 Å². The van der Waals surface area contributed by atoms with E-state index in [1.165, 1.54) is 18.9 Å². The number of hydrogen-bond donors (Lipinski definition) is 2. The van der Waals surface area contributed by atoms with Crippen LogP contribution >= 0.6 is 0 Å². The van der Waals surface area contributed by atoms with E-state index in [1.807, 2.05) is 0 Å². The molecule has 0 heterocycles. The SMILES string of the molecule is CC(Cc1ccccc1F)(NCC1CC1)C(N)=O. The number of amides is 1. The third-order valence-electron chi connectivity index (χ3n) is 3.52. The van der Waals surface area contributed by atoms with Crippen molar-refractivity contribution in [2.24, 2.45) is 11.7 Å². The van der Waals surface area contributed by atoms with E-state index in [1.54, 1.807) is 25.1 Å². The smallest absolute Gasteiger partial charge is 0.237 e. The molecule has 1 aliphatic rings. The minimum atomic E-state index is -0.884. The van der Waals surface area contributed by atoms with Crippen molar-refractivity contribution in [3.8, 4) is 0 Å². The first kappa shape index (κ1) is 13.0. The van der Waals surface area contributed by atoms with E-state index in [2.05, 4.69) is 5.32 Å². The minimum absolute atomic E-state index is 0.279. The molecule has 1 fully saturated rings. The highest BCUT2D eigenvalue weighted by molar-refractivity contribution is 5.84. The van der Waals surface area contributed by atoms with Crippen molar-refractivity contribution in [3.63, 3.8) is 0 Å². The molecule has 0 bridgehead atoms. The molecule has 2 rings (SSSR count). The van der Waals surface area contributed by atoms with Gasteiger partial charge in [0.15, 0.2) is 0 Å². The maximum Gasteiger partial charge on any atom is 0.237 e. The predicted octanol–water partition coefficient (Wildman–Crippen LogP) is 1.61. The Morgan fingerprint density at radius 2 is 2.17 bits per heavy atom. The van der Waals surface area contributed by atoms with Crippen LogP contribution in [0.4, 0.5) is 4.39 Å². The highest BCUT2D eigenvalue weighted by Gasteiger charge is 2.34. The molecule has 0 saturated heterocycles. The Labute approximate surface area is 107 Å². The zero-order valence-corrected chi connectivity index (χ0v) is 10.6. The van der Waals surface area contributed by atoms with Gasteiger partial charge < -0.3 is 11.1 Å². The molecule has 98 valence electrons. The molecule has 1 aromatic carbocycles. The standard InChI is InChI=1S/C14H19FN2O/c1-14(13(16)18,17-9-10-6-7-10)8-11-4-2-3-5-12(11)15/h2-5,10,17H,6-9H2,1H3,(H2,16,18). The van der Waals surface area contributed by atoms with Crippen LogP contribution in [-0.4, -0.2) is 18.0 Å². The molecule has 0 aromatic heterocycles. The number of primary amides is 1. The fraction of sp³-hybridized carbons (Fsp3) is 0.500. The van der Waals surface area contributed by atoms with Crippen molar-refractivity contribution < 1.29 is 9.18 Å². The lowest BCUT2D eigenvalue weighted by Crippen LogP contribution is -2.55. The zero-order chi connectivity index (χ0) is 13.2. The Hall–Kier alpha value is -1.42. The molecular weight excluding hydrogens is 231 g/mol. The summed E-state index contributed by atoms with van der Waals surface area (Å²) in [7, 11) is 0. The van der Waals surface area contributed by atoms with Crippen LogP contribution < -0.4 is 11.1 Å². The van der Waals surface area contributed by atoms with Crippen LogP contribution in [0.25, 0.3) is 0 Å².